The van der Waals surface area contributed by atoms with Crippen LogP contribution in [0.3, 0.4) is 0 Å². The van der Waals surface area contributed by atoms with Gasteiger partial charge in [0.15, 0.2) is 0 Å². The van der Waals surface area contributed by atoms with E-state index in [-0.39, 0.29) is 11.9 Å². The van der Waals surface area contributed by atoms with Crippen LogP contribution in [0.1, 0.15) is 24.1 Å². The number of hydrogen-bond donors (Lipinski definition) is 1. The van der Waals surface area contributed by atoms with Gasteiger partial charge in [0.1, 0.15) is 11.5 Å². The Bertz CT molecular complexity index is 925. The standard InChI is InChI=1S/C22H19ClN2O2/c1-16(25-22(26)10-7-17-5-8-19(23)9-6-17)18-3-2-4-21(15-18)27-20-11-13-24-14-12-20/h2-16H,1H3,(H,25,26)/b10-7+/t16-/m0/s1. The van der Waals surface area contributed by atoms with Crippen LogP contribution >= 0.6 is 11.6 Å². The zero-order chi connectivity index (χ0) is 19.1. The van der Waals surface area contributed by atoms with Crippen LogP contribution in [0.15, 0.2) is 79.1 Å². The number of halogens is 1. The van der Waals surface area contributed by atoms with E-state index >= 15 is 0 Å². The Morgan fingerprint density at radius 3 is 2.56 bits per heavy atom. The van der Waals surface area contributed by atoms with Crippen LogP contribution < -0.4 is 10.1 Å². The summed E-state index contributed by atoms with van der Waals surface area (Å²) in [5.74, 6) is 1.25. The molecule has 0 bridgehead atoms. The van der Waals surface area contributed by atoms with Crippen molar-refractivity contribution < 1.29 is 9.53 Å². The minimum absolute atomic E-state index is 0.159. The zero-order valence-corrected chi connectivity index (χ0v) is 15.6. The van der Waals surface area contributed by atoms with Crippen molar-refractivity contribution in [1.82, 2.24) is 10.3 Å². The Morgan fingerprint density at radius 1 is 1.07 bits per heavy atom. The van der Waals surface area contributed by atoms with Gasteiger partial charge >= 0.3 is 0 Å². The summed E-state index contributed by atoms with van der Waals surface area (Å²) >= 11 is 5.86. The Balaban J connectivity index is 1.61. The lowest BCUT2D eigenvalue weighted by Crippen LogP contribution is -2.24. The van der Waals surface area contributed by atoms with Gasteiger partial charge in [0.25, 0.3) is 0 Å². The third-order valence-electron chi connectivity index (χ3n) is 3.90. The summed E-state index contributed by atoms with van der Waals surface area (Å²) in [6, 6.07) is 18.3. The maximum absolute atomic E-state index is 12.2. The van der Waals surface area contributed by atoms with Crippen molar-refractivity contribution in [3.8, 4) is 11.5 Å². The maximum atomic E-state index is 12.2. The lowest BCUT2D eigenvalue weighted by Gasteiger charge is -2.14. The normalized spacial score (nSPS) is 11.9. The molecule has 5 heteroatoms. The van der Waals surface area contributed by atoms with Gasteiger partial charge in [-0.25, -0.2) is 0 Å². The molecule has 0 aliphatic carbocycles. The molecular weight excluding hydrogens is 360 g/mol. The number of nitrogens with zero attached hydrogens (tertiary/aromatic N) is 1. The molecule has 1 amide bonds. The van der Waals surface area contributed by atoms with E-state index in [2.05, 4.69) is 10.3 Å². The molecule has 0 aliphatic rings. The molecule has 0 spiro atoms. The van der Waals surface area contributed by atoms with Crippen molar-refractivity contribution in [3.05, 3.63) is 95.3 Å². The van der Waals surface area contributed by atoms with Gasteiger partial charge in [0.05, 0.1) is 6.04 Å². The maximum Gasteiger partial charge on any atom is 0.244 e. The van der Waals surface area contributed by atoms with Gasteiger partial charge in [-0.05, 0) is 60.5 Å². The molecule has 0 saturated heterocycles. The summed E-state index contributed by atoms with van der Waals surface area (Å²) in [6.07, 6.45) is 6.61. The second-order valence-corrected chi connectivity index (χ2v) is 6.41. The molecule has 0 fully saturated rings. The predicted molar refractivity (Wildman–Crippen MR) is 108 cm³/mol. The zero-order valence-electron chi connectivity index (χ0n) is 14.8. The van der Waals surface area contributed by atoms with Crippen molar-refractivity contribution in [2.45, 2.75) is 13.0 Å². The molecular formula is C22H19ClN2O2. The highest BCUT2D eigenvalue weighted by molar-refractivity contribution is 6.30. The van der Waals surface area contributed by atoms with Crippen molar-refractivity contribution in [3.63, 3.8) is 0 Å². The largest absolute Gasteiger partial charge is 0.457 e. The molecule has 1 N–H and O–H groups in total. The SMILES string of the molecule is C[C@H](NC(=O)/C=C/c1ccc(Cl)cc1)c1cccc(Oc2ccncc2)c1. The first-order chi connectivity index (χ1) is 13.1. The lowest BCUT2D eigenvalue weighted by molar-refractivity contribution is -0.117. The van der Waals surface area contributed by atoms with Crippen LogP contribution in [0.5, 0.6) is 11.5 Å². The Kier molecular flexibility index (Phi) is 6.23. The van der Waals surface area contributed by atoms with Gasteiger partial charge in [-0.3, -0.25) is 9.78 Å². The van der Waals surface area contributed by atoms with E-state index in [9.17, 15) is 4.79 Å². The number of carbonyl (C=O) groups excluding carboxylic acids is 1. The van der Waals surface area contributed by atoms with Crippen molar-refractivity contribution in [1.29, 1.82) is 0 Å². The summed E-state index contributed by atoms with van der Waals surface area (Å²) in [4.78, 5) is 16.1. The van der Waals surface area contributed by atoms with Gasteiger partial charge < -0.3 is 10.1 Å². The van der Waals surface area contributed by atoms with E-state index in [4.69, 9.17) is 16.3 Å². The smallest absolute Gasteiger partial charge is 0.244 e. The molecule has 27 heavy (non-hydrogen) atoms. The number of nitrogens with one attached hydrogen (secondary N) is 1. The van der Waals surface area contributed by atoms with Gasteiger partial charge in [-0.1, -0.05) is 35.9 Å². The Labute approximate surface area is 163 Å². The van der Waals surface area contributed by atoms with Gasteiger partial charge in [-0.2, -0.15) is 0 Å². The highest BCUT2D eigenvalue weighted by Crippen LogP contribution is 2.24. The first-order valence-corrected chi connectivity index (χ1v) is 8.90. The van der Waals surface area contributed by atoms with E-state index in [0.717, 1.165) is 11.1 Å². The minimum atomic E-state index is -0.169. The second kappa shape index (κ2) is 9.01. The number of pyridine rings is 1. The summed E-state index contributed by atoms with van der Waals surface area (Å²) in [6.45, 7) is 1.93. The van der Waals surface area contributed by atoms with Crippen molar-refractivity contribution >= 4 is 23.6 Å². The number of aromatic nitrogens is 1. The summed E-state index contributed by atoms with van der Waals surface area (Å²) < 4.78 is 5.81. The monoisotopic (exact) mass is 378 g/mol. The molecule has 0 saturated carbocycles. The molecule has 3 aromatic rings. The van der Waals surface area contributed by atoms with E-state index < -0.39 is 0 Å². The van der Waals surface area contributed by atoms with Gasteiger partial charge in [0.2, 0.25) is 5.91 Å². The molecule has 136 valence electrons. The molecule has 0 unspecified atom stereocenters. The van der Waals surface area contributed by atoms with Gasteiger partial charge in [0, 0.05) is 23.5 Å². The highest BCUT2D eigenvalue weighted by atomic mass is 35.5. The molecule has 4 nitrogen and oxygen atoms in total. The Morgan fingerprint density at radius 2 is 1.81 bits per heavy atom. The van der Waals surface area contributed by atoms with Crippen LogP contribution in [0.2, 0.25) is 5.02 Å². The lowest BCUT2D eigenvalue weighted by atomic mass is 10.1. The third-order valence-corrected chi connectivity index (χ3v) is 4.15. The summed E-state index contributed by atoms with van der Waals surface area (Å²) in [5, 5.41) is 3.62. The fourth-order valence-electron chi connectivity index (χ4n) is 2.48. The highest BCUT2D eigenvalue weighted by Gasteiger charge is 2.09. The average Bonchev–Trinajstić information content (AvgIpc) is 2.68. The van der Waals surface area contributed by atoms with Gasteiger partial charge in [-0.15, -0.1) is 0 Å². The molecule has 0 radical (unpaired) electrons. The quantitative estimate of drug-likeness (QED) is 0.583. The number of rotatable bonds is 6. The number of hydrogen-bond acceptors (Lipinski definition) is 3. The third kappa shape index (κ3) is 5.69. The van der Waals surface area contributed by atoms with Crippen LogP contribution in [0, 0.1) is 0 Å². The van der Waals surface area contributed by atoms with Crippen LogP contribution in [-0.2, 0) is 4.79 Å². The number of carbonyl (C=O) groups is 1. The van der Waals surface area contributed by atoms with Crippen LogP contribution in [-0.4, -0.2) is 10.9 Å². The minimum Gasteiger partial charge on any atom is -0.457 e. The first-order valence-electron chi connectivity index (χ1n) is 8.52. The molecule has 0 aliphatic heterocycles. The molecule has 2 aromatic carbocycles. The van der Waals surface area contributed by atoms with Crippen molar-refractivity contribution in [2.24, 2.45) is 0 Å². The summed E-state index contributed by atoms with van der Waals surface area (Å²) in [5.41, 5.74) is 1.87. The number of amides is 1. The van der Waals surface area contributed by atoms with Crippen molar-refractivity contribution in [2.75, 3.05) is 0 Å². The average molecular weight is 379 g/mol. The van der Waals surface area contributed by atoms with E-state index in [0.29, 0.717) is 16.5 Å². The number of ether oxygens (including phenoxy) is 1. The number of benzene rings is 2. The molecule has 1 heterocycles. The molecule has 3 rings (SSSR count). The van der Waals surface area contributed by atoms with E-state index in [1.54, 1.807) is 42.7 Å². The van der Waals surface area contributed by atoms with E-state index in [1.807, 2.05) is 43.3 Å². The van der Waals surface area contributed by atoms with E-state index in [1.165, 1.54) is 6.08 Å². The molecule has 1 aromatic heterocycles. The topological polar surface area (TPSA) is 51.2 Å². The fraction of sp³-hybridized carbons (Fsp3) is 0.0909. The molecule has 1 atom stereocenters. The van der Waals surface area contributed by atoms with Crippen LogP contribution in [0.4, 0.5) is 0 Å². The fourth-order valence-corrected chi connectivity index (χ4v) is 2.61. The second-order valence-electron chi connectivity index (χ2n) is 5.97. The van der Waals surface area contributed by atoms with Crippen LogP contribution in [0.25, 0.3) is 6.08 Å². The Hall–Kier alpha value is -3.11. The predicted octanol–water partition coefficient (Wildman–Crippen LogP) is 5.42. The first kappa shape index (κ1) is 18.7. The summed E-state index contributed by atoms with van der Waals surface area (Å²) in [7, 11) is 0.